The molecule has 3 unspecified atom stereocenters. The fourth-order valence-corrected chi connectivity index (χ4v) is 3.21. The molecule has 1 saturated carbocycles. The van der Waals surface area contributed by atoms with Crippen LogP contribution in [0.4, 0.5) is 0 Å². The quantitative estimate of drug-likeness (QED) is 0.824. The maximum Gasteiger partial charge on any atom is 0.244 e. The first kappa shape index (κ1) is 16.8. The molecule has 0 bridgehead atoms. The first-order valence-corrected chi connectivity index (χ1v) is 9.08. The summed E-state index contributed by atoms with van der Waals surface area (Å²) in [6, 6.07) is 9.52. The van der Waals surface area contributed by atoms with Crippen LogP contribution in [-0.2, 0) is 4.79 Å². The molecular weight excluding hydrogens is 330 g/mol. The van der Waals surface area contributed by atoms with Gasteiger partial charge in [0.05, 0.1) is 6.04 Å². The van der Waals surface area contributed by atoms with Crippen LogP contribution in [0.15, 0.2) is 40.8 Å². The lowest BCUT2D eigenvalue weighted by molar-refractivity contribution is -0.117. The zero-order valence-electron chi connectivity index (χ0n) is 15.0. The molecule has 1 aliphatic carbocycles. The van der Waals surface area contributed by atoms with Crippen molar-refractivity contribution in [2.24, 2.45) is 5.92 Å². The molecule has 1 amide bonds. The molecule has 136 valence electrons. The molecule has 4 rings (SSSR count). The second kappa shape index (κ2) is 6.90. The summed E-state index contributed by atoms with van der Waals surface area (Å²) in [5, 5.41) is 2.96. The molecule has 1 aromatic carbocycles. The molecule has 1 aliphatic heterocycles. The topological polar surface area (TPSA) is 60.7 Å². The number of furan rings is 1. The predicted molar refractivity (Wildman–Crippen MR) is 98.3 cm³/mol. The van der Waals surface area contributed by atoms with Crippen molar-refractivity contribution in [2.45, 2.75) is 32.2 Å². The third kappa shape index (κ3) is 3.62. The molecule has 3 atom stereocenters. The molecule has 2 heterocycles. The van der Waals surface area contributed by atoms with Gasteiger partial charge in [0.1, 0.15) is 24.7 Å². The van der Waals surface area contributed by atoms with Crippen LogP contribution in [0.5, 0.6) is 11.5 Å². The number of amides is 1. The highest BCUT2D eigenvalue weighted by Gasteiger charge is 2.36. The second-order valence-corrected chi connectivity index (χ2v) is 7.03. The van der Waals surface area contributed by atoms with E-state index in [1.165, 1.54) is 12.5 Å². The third-order valence-corrected chi connectivity index (χ3v) is 4.95. The van der Waals surface area contributed by atoms with E-state index in [9.17, 15) is 4.79 Å². The van der Waals surface area contributed by atoms with Gasteiger partial charge in [0, 0.05) is 12.0 Å². The maximum atomic E-state index is 12.2. The van der Waals surface area contributed by atoms with Crippen molar-refractivity contribution in [1.29, 1.82) is 0 Å². The molecule has 2 aromatic rings. The number of rotatable bonds is 5. The van der Waals surface area contributed by atoms with Crippen LogP contribution in [0.3, 0.4) is 0 Å². The van der Waals surface area contributed by atoms with Crippen LogP contribution in [0.25, 0.3) is 6.08 Å². The number of hydrogen-bond acceptors (Lipinski definition) is 4. The molecule has 1 N–H and O–H groups in total. The SMILES string of the molecule is CC(NC(=O)/C=C/c1ccc(C2CC2C)o1)c1ccc2c(c1)OCCO2. The van der Waals surface area contributed by atoms with Gasteiger partial charge < -0.3 is 19.2 Å². The summed E-state index contributed by atoms with van der Waals surface area (Å²) in [6.07, 6.45) is 4.40. The number of nitrogens with one attached hydrogen (secondary N) is 1. The lowest BCUT2D eigenvalue weighted by Crippen LogP contribution is -2.25. The number of carbonyl (C=O) groups is 1. The van der Waals surface area contributed by atoms with E-state index in [0.29, 0.717) is 30.8 Å². The number of hydrogen-bond donors (Lipinski definition) is 1. The Morgan fingerprint density at radius 3 is 2.73 bits per heavy atom. The maximum absolute atomic E-state index is 12.2. The van der Waals surface area contributed by atoms with E-state index in [1.54, 1.807) is 6.08 Å². The van der Waals surface area contributed by atoms with Crippen LogP contribution in [0, 0.1) is 5.92 Å². The largest absolute Gasteiger partial charge is 0.486 e. The number of benzene rings is 1. The van der Waals surface area contributed by atoms with Gasteiger partial charge in [0.15, 0.2) is 11.5 Å². The number of fused-ring (bicyclic) bond motifs is 1. The van der Waals surface area contributed by atoms with Crippen molar-refractivity contribution in [3.8, 4) is 11.5 Å². The van der Waals surface area contributed by atoms with Crippen molar-refractivity contribution >= 4 is 12.0 Å². The van der Waals surface area contributed by atoms with Crippen LogP contribution < -0.4 is 14.8 Å². The Balaban J connectivity index is 1.36. The van der Waals surface area contributed by atoms with Gasteiger partial charge in [-0.1, -0.05) is 13.0 Å². The second-order valence-electron chi connectivity index (χ2n) is 7.03. The Labute approximate surface area is 153 Å². The first-order chi connectivity index (χ1) is 12.6. The van der Waals surface area contributed by atoms with Gasteiger partial charge in [-0.15, -0.1) is 0 Å². The van der Waals surface area contributed by atoms with Crippen LogP contribution in [0.1, 0.15) is 49.3 Å². The third-order valence-electron chi connectivity index (χ3n) is 4.95. The number of carbonyl (C=O) groups excluding carboxylic acids is 1. The highest BCUT2D eigenvalue weighted by Crippen LogP contribution is 2.47. The van der Waals surface area contributed by atoms with E-state index >= 15 is 0 Å². The highest BCUT2D eigenvalue weighted by atomic mass is 16.6. The Hall–Kier alpha value is -2.69. The Morgan fingerprint density at radius 2 is 1.96 bits per heavy atom. The van der Waals surface area contributed by atoms with Gasteiger partial charge in [-0.3, -0.25) is 4.79 Å². The zero-order valence-corrected chi connectivity index (χ0v) is 15.0. The van der Waals surface area contributed by atoms with Gasteiger partial charge in [-0.25, -0.2) is 0 Å². The van der Waals surface area contributed by atoms with Gasteiger partial charge in [-0.2, -0.15) is 0 Å². The van der Waals surface area contributed by atoms with Crippen molar-refractivity contribution in [3.05, 3.63) is 53.5 Å². The minimum absolute atomic E-state index is 0.137. The van der Waals surface area contributed by atoms with Crippen LogP contribution in [-0.4, -0.2) is 19.1 Å². The minimum Gasteiger partial charge on any atom is -0.486 e. The molecule has 0 saturated heterocycles. The summed E-state index contributed by atoms with van der Waals surface area (Å²) in [7, 11) is 0. The lowest BCUT2D eigenvalue weighted by atomic mass is 10.1. The molecule has 0 spiro atoms. The van der Waals surface area contributed by atoms with E-state index < -0.39 is 0 Å². The molecule has 26 heavy (non-hydrogen) atoms. The average molecular weight is 353 g/mol. The van der Waals surface area contributed by atoms with Gasteiger partial charge >= 0.3 is 0 Å². The zero-order chi connectivity index (χ0) is 18.1. The molecule has 0 radical (unpaired) electrons. The summed E-state index contributed by atoms with van der Waals surface area (Å²) in [5.74, 6) is 4.28. The van der Waals surface area contributed by atoms with Gasteiger partial charge in [-0.05, 0) is 55.2 Å². The highest BCUT2D eigenvalue weighted by molar-refractivity contribution is 5.91. The molecular formula is C21H23NO4. The normalized spacial score (nSPS) is 22.2. The first-order valence-electron chi connectivity index (χ1n) is 9.08. The Bertz CT molecular complexity index is 838. The van der Waals surface area contributed by atoms with E-state index in [0.717, 1.165) is 22.8 Å². The summed E-state index contributed by atoms with van der Waals surface area (Å²) < 4.78 is 16.9. The van der Waals surface area contributed by atoms with E-state index in [2.05, 4.69) is 12.2 Å². The molecule has 1 fully saturated rings. The minimum atomic E-state index is -0.162. The number of ether oxygens (including phenoxy) is 2. The van der Waals surface area contributed by atoms with Crippen molar-refractivity contribution in [1.82, 2.24) is 5.32 Å². The van der Waals surface area contributed by atoms with Crippen LogP contribution in [0.2, 0.25) is 0 Å². The molecule has 5 heteroatoms. The summed E-state index contributed by atoms with van der Waals surface area (Å²) in [6.45, 7) is 5.27. The summed E-state index contributed by atoms with van der Waals surface area (Å²) >= 11 is 0. The molecule has 5 nitrogen and oxygen atoms in total. The predicted octanol–water partition coefficient (Wildman–Crippen LogP) is 4.06. The van der Waals surface area contributed by atoms with E-state index in [4.69, 9.17) is 13.9 Å². The van der Waals surface area contributed by atoms with Crippen molar-refractivity contribution in [2.75, 3.05) is 13.2 Å². The fraction of sp³-hybridized carbons (Fsp3) is 0.381. The van der Waals surface area contributed by atoms with Gasteiger partial charge in [0.25, 0.3) is 0 Å². The van der Waals surface area contributed by atoms with Crippen LogP contribution >= 0.6 is 0 Å². The van der Waals surface area contributed by atoms with Gasteiger partial charge in [0.2, 0.25) is 5.91 Å². The monoisotopic (exact) mass is 353 g/mol. The van der Waals surface area contributed by atoms with E-state index in [-0.39, 0.29) is 11.9 Å². The fourth-order valence-electron chi connectivity index (χ4n) is 3.21. The Kier molecular flexibility index (Phi) is 4.45. The standard InChI is InChI=1S/C21H23NO4/c1-13-11-17(13)18-7-4-16(26-18)5-8-21(23)22-14(2)15-3-6-19-20(12-15)25-10-9-24-19/h3-8,12-14,17H,9-11H2,1-2H3,(H,22,23)/b8-5+. The smallest absolute Gasteiger partial charge is 0.244 e. The Morgan fingerprint density at radius 1 is 1.19 bits per heavy atom. The summed E-state index contributed by atoms with van der Waals surface area (Å²) in [4.78, 5) is 12.2. The summed E-state index contributed by atoms with van der Waals surface area (Å²) in [5.41, 5.74) is 0.971. The van der Waals surface area contributed by atoms with E-state index in [1.807, 2.05) is 37.3 Å². The average Bonchev–Trinajstić information content (AvgIpc) is 3.19. The lowest BCUT2D eigenvalue weighted by Gasteiger charge is -2.20. The molecule has 1 aromatic heterocycles. The van der Waals surface area contributed by atoms with Crippen molar-refractivity contribution in [3.63, 3.8) is 0 Å². The molecule has 2 aliphatic rings. The van der Waals surface area contributed by atoms with Crippen molar-refractivity contribution < 1.29 is 18.7 Å².